The Morgan fingerprint density at radius 3 is 2.36 bits per heavy atom. The van der Waals surface area contributed by atoms with Crippen molar-refractivity contribution in [3.05, 3.63) is 53.6 Å². The summed E-state index contributed by atoms with van der Waals surface area (Å²) in [6, 6.07) is 12.4. The lowest BCUT2D eigenvalue weighted by Crippen LogP contribution is -2.21. The largest absolute Gasteiger partial charge is 0.496 e. The number of hydrogen-bond donors (Lipinski definition) is 2. The molecule has 6 nitrogen and oxygen atoms in total. The zero-order valence-electron chi connectivity index (χ0n) is 14.0. The van der Waals surface area contributed by atoms with Crippen LogP contribution in [0.1, 0.15) is 12.5 Å². The molecular weight excluding hydrogens is 320 g/mol. The minimum absolute atomic E-state index is 0.145. The first-order valence-electron chi connectivity index (χ1n) is 7.76. The van der Waals surface area contributed by atoms with Crippen LogP contribution < -0.4 is 20.1 Å². The van der Waals surface area contributed by atoms with Crippen molar-refractivity contribution in [2.75, 3.05) is 24.4 Å². The number of ether oxygens (including phenoxy) is 2. The summed E-state index contributed by atoms with van der Waals surface area (Å²) >= 11 is 0. The molecule has 6 heteroatoms. The topological polar surface area (TPSA) is 76.7 Å². The molecule has 2 N–H and O–H groups in total. The summed E-state index contributed by atoms with van der Waals surface area (Å²) in [5.74, 6) is 0.954. The first-order chi connectivity index (χ1) is 12.1. The number of benzene rings is 2. The molecule has 0 spiro atoms. The second kappa shape index (κ2) is 7.09. The van der Waals surface area contributed by atoms with Gasteiger partial charge in [-0.2, -0.15) is 0 Å². The SMILES string of the molecule is COc1cccc2c1C=C(C(=O)Nc1ccc(NC(C)=O)cc1)CO2. The van der Waals surface area contributed by atoms with Crippen molar-refractivity contribution < 1.29 is 19.1 Å². The maximum Gasteiger partial charge on any atom is 0.255 e. The molecule has 128 valence electrons. The van der Waals surface area contributed by atoms with E-state index in [0.717, 1.165) is 5.56 Å². The third-order valence-electron chi connectivity index (χ3n) is 3.70. The molecule has 0 radical (unpaired) electrons. The second-order valence-corrected chi connectivity index (χ2v) is 5.54. The van der Waals surface area contributed by atoms with E-state index in [1.807, 2.05) is 18.2 Å². The first kappa shape index (κ1) is 16.6. The molecule has 0 bridgehead atoms. The Kier molecular flexibility index (Phi) is 4.70. The third kappa shape index (κ3) is 3.80. The van der Waals surface area contributed by atoms with E-state index in [1.54, 1.807) is 37.5 Å². The molecule has 0 aliphatic carbocycles. The van der Waals surface area contributed by atoms with E-state index < -0.39 is 0 Å². The maximum absolute atomic E-state index is 12.5. The summed E-state index contributed by atoms with van der Waals surface area (Å²) in [6.45, 7) is 1.63. The van der Waals surface area contributed by atoms with Crippen LogP contribution >= 0.6 is 0 Å². The molecule has 1 aliphatic rings. The number of rotatable bonds is 4. The third-order valence-corrected chi connectivity index (χ3v) is 3.70. The van der Waals surface area contributed by atoms with Crippen molar-refractivity contribution in [2.45, 2.75) is 6.92 Å². The number of anilines is 2. The van der Waals surface area contributed by atoms with Gasteiger partial charge in [-0.3, -0.25) is 9.59 Å². The summed E-state index contributed by atoms with van der Waals surface area (Å²) < 4.78 is 11.0. The highest BCUT2D eigenvalue weighted by Gasteiger charge is 2.19. The van der Waals surface area contributed by atoms with Gasteiger partial charge >= 0.3 is 0 Å². The fourth-order valence-corrected chi connectivity index (χ4v) is 2.52. The standard InChI is InChI=1S/C19H18N2O4/c1-12(22)20-14-6-8-15(9-7-14)21-19(23)13-10-16-17(24-2)4-3-5-18(16)25-11-13/h3-10H,11H2,1-2H3,(H,20,22)(H,21,23). The van der Waals surface area contributed by atoms with Gasteiger partial charge in [0.15, 0.2) is 0 Å². The predicted octanol–water partition coefficient (Wildman–Crippen LogP) is 3.07. The van der Waals surface area contributed by atoms with Crippen LogP contribution in [0.2, 0.25) is 0 Å². The number of amides is 2. The van der Waals surface area contributed by atoms with Crippen LogP contribution in [0.15, 0.2) is 48.0 Å². The molecule has 1 heterocycles. The van der Waals surface area contributed by atoms with Gasteiger partial charge in [-0.15, -0.1) is 0 Å². The monoisotopic (exact) mass is 338 g/mol. The molecule has 0 unspecified atom stereocenters. The van der Waals surface area contributed by atoms with E-state index in [4.69, 9.17) is 9.47 Å². The number of fused-ring (bicyclic) bond motifs is 1. The van der Waals surface area contributed by atoms with E-state index >= 15 is 0 Å². The van der Waals surface area contributed by atoms with Crippen molar-refractivity contribution in [1.29, 1.82) is 0 Å². The minimum Gasteiger partial charge on any atom is -0.496 e. The molecule has 2 aromatic carbocycles. The number of hydrogen-bond acceptors (Lipinski definition) is 4. The minimum atomic E-state index is -0.246. The molecule has 2 aromatic rings. The zero-order chi connectivity index (χ0) is 17.8. The summed E-state index contributed by atoms with van der Waals surface area (Å²) in [6.07, 6.45) is 1.78. The van der Waals surface area contributed by atoms with Gasteiger partial charge in [-0.05, 0) is 42.5 Å². The summed E-state index contributed by atoms with van der Waals surface area (Å²) in [7, 11) is 1.58. The van der Waals surface area contributed by atoms with Crippen molar-refractivity contribution >= 4 is 29.3 Å². The van der Waals surface area contributed by atoms with Crippen molar-refractivity contribution in [3.8, 4) is 11.5 Å². The van der Waals surface area contributed by atoms with Gasteiger partial charge < -0.3 is 20.1 Å². The lowest BCUT2D eigenvalue weighted by molar-refractivity contribution is -0.114. The van der Waals surface area contributed by atoms with Gasteiger partial charge in [0, 0.05) is 18.3 Å². The second-order valence-electron chi connectivity index (χ2n) is 5.54. The van der Waals surface area contributed by atoms with Gasteiger partial charge in [0.05, 0.1) is 18.2 Å². The van der Waals surface area contributed by atoms with Gasteiger partial charge in [0.2, 0.25) is 5.91 Å². The van der Waals surface area contributed by atoms with Gasteiger partial charge in [0.25, 0.3) is 5.91 Å². The maximum atomic E-state index is 12.5. The highest BCUT2D eigenvalue weighted by molar-refractivity contribution is 6.07. The average molecular weight is 338 g/mol. The van der Waals surface area contributed by atoms with E-state index in [-0.39, 0.29) is 18.4 Å². The summed E-state index contributed by atoms with van der Waals surface area (Å²) in [4.78, 5) is 23.5. The highest BCUT2D eigenvalue weighted by atomic mass is 16.5. The van der Waals surface area contributed by atoms with Crippen LogP contribution in [0.3, 0.4) is 0 Å². The van der Waals surface area contributed by atoms with Crippen LogP contribution in [0, 0.1) is 0 Å². The first-order valence-corrected chi connectivity index (χ1v) is 7.76. The Bertz CT molecular complexity index is 841. The highest BCUT2D eigenvalue weighted by Crippen LogP contribution is 2.34. The molecule has 0 saturated heterocycles. The van der Waals surface area contributed by atoms with Crippen LogP contribution in [0.5, 0.6) is 11.5 Å². The lowest BCUT2D eigenvalue weighted by Gasteiger charge is -2.19. The zero-order valence-corrected chi connectivity index (χ0v) is 14.0. The van der Waals surface area contributed by atoms with Crippen LogP contribution in [0.4, 0.5) is 11.4 Å². The molecule has 0 fully saturated rings. The average Bonchev–Trinajstić information content (AvgIpc) is 2.62. The molecule has 0 atom stereocenters. The number of nitrogens with one attached hydrogen (secondary N) is 2. The smallest absolute Gasteiger partial charge is 0.255 e. The Hall–Kier alpha value is -3.28. The summed E-state index contributed by atoms with van der Waals surface area (Å²) in [5.41, 5.74) is 2.56. The van der Waals surface area contributed by atoms with Gasteiger partial charge in [-0.1, -0.05) is 6.07 Å². The fourth-order valence-electron chi connectivity index (χ4n) is 2.52. The molecule has 0 saturated carbocycles. The quantitative estimate of drug-likeness (QED) is 0.898. The Morgan fingerprint density at radius 2 is 1.72 bits per heavy atom. The van der Waals surface area contributed by atoms with E-state index in [9.17, 15) is 9.59 Å². The molecule has 0 aromatic heterocycles. The van der Waals surface area contributed by atoms with Gasteiger partial charge in [0.1, 0.15) is 18.1 Å². The predicted molar refractivity (Wildman–Crippen MR) is 95.8 cm³/mol. The van der Waals surface area contributed by atoms with E-state index in [1.165, 1.54) is 6.92 Å². The summed E-state index contributed by atoms with van der Waals surface area (Å²) in [5, 5.41) is 5.50. The van der Waals surface area contributed by atoms with E-state index in [2.05, 4.69) is 10.6 Å². The normalized spacial score (nSPS) is 12.3. The molecular formula is C19H18N2O4. The van der Waals surface area contributed by atoms with Crippen LogP contribution in [-0.4, -0.2) is 25.5 Å². The number of methoxy groups -OCH3 is 1. The van der Waals surface area contributed by atoms with Crippen molar-refractivity contribution in [2.24, 2.45) is 0 Å². The van der Waals surface area contributed by atoms with E-state index in [0.29, 0.717) is 28.4 Å². The molecule has 25 heavy (non-hydrogen) atoms. The molecule has 3 rings (SSSR count). The number of carbonyl (C=O) groups excluding carboxylic acids is 2. The van der Waals surface area contributed by atoms with Gasteiger partial charge in [-0.25, -0.2) is 0 Å². The van der Waals surface area contributed by atoms with Crippen molar-refractivity contribution in [1.82, 2.24) is 0 Å². The molecule has 1 aliphatic heterocycles. The Morgan fingerprint density at radius 1 is 1.04 bits per heavy atom. The Balaban J connectivity index is 1.75. The number of carbonyl (C=O) groups is 2. The van der Waals surface area contributed by atoms with Crippen LogP contribution in [-0.2, 0) is 9.59 Å². The molecule has 2 amide bonds. The van der Waals surface area contributed by atoms with Crippen LogP contribution in [0.25, 0.3) is 6.08 Å². The fraction of sp³-hybridized carbons (Fsp3) is 0.158. The lowest BCUT2D eigenvalue weighted by atomic mass is 10.1. The van der Waals surface area contributed by atoms with Crippen molar-refractivity contribution in [3.63, 3.8) is 0 Å². The Labute approximate surface area is 145 Å².